The Balaban J connectivity index is 2.09. The number of hydrogen-bond acceptors (Lipinski definition) is 6. The molecule has 0 radical (unpaired) electrons. The molecule has 0 bridgehead atoms. The summed E-state index contributed by atoms with van der Waals surface area (Å²) in [5.41, 5.74) is 6.67. The van der Waals surface area contributed by atoms with E-state index in [1.807, 2.05) is 25.1 Å². The maximum atomic E-state index is 5.63. The normalized spacial score (nSPS) is 10.4. The highest BCUT2D eigenvalue weighted by Gasteiger charge is 2.08. The third kappa shape index (κ3) is 3.69. The lowest BCUT2D eigenvalue weighted by Crippen LogP contribution is -2.04. The molecule has 6 nitrogen and oxygen atoms in total. The van der Waals surface area contributed by atoms with E-state index in [9.17, 15) is 0 Å². The van der Waals surface area contributed by atoms with Crippen molar-refractivity contribution in [3.05, 3.63) is 36.0 Å². The second kappa shape index (κ2) is 6.75. The van der Waals surface area contributed by atoms with Gasteiger partial charge in [-0.25, -0.2) is 0 Å². The summed E-state index contributed by atoms with van der Waals surface area (Å²) in [4.78, 5) is 3.89. The molecule has 6 heteroatoms. The second-order valence-corrected chi connectivity index (χ2v) is 3.89. The van der Waals surface area contributed by atoms with Gasteiger partial charge < -0.3 is 19.7 Å². The zero-order chi connectivity index (χ0) is 13.5. The van der Waals surface area contributed by atoms with E-state index in [2.05, 4.69) is 14.7 Å². The first-order chi connectivity index (χ1) is 9.33. The zero-order valence-electron chi connectivity index (χ0n) is 10.8. The lowest BCUT2D eigenvalue weighted by atomic mass is 10.1. The molecular formula is C13H17N3O3. The molecule has 2 N–H and O–H groups in total. The Labute approximate surface area is 111 Å². The summed E-state index contributed by atoms with van der Waals surface area (Å²) in [7, 11) is 0. The molecule has 0 atom stereocenters. The van der Waals surface area contributed by atoms with Crippen LogP contribution in [-0.2, 0) is 13.0 Å². The maximum absolute atomic E-state index is 5.63. The third-order valence-electron chi connectivity index (χ3n) is 2.50. The van der Waals surface area contributed by atoms with E-state index in [-0.39, 0.29) is 6.61 Å². The van der Waals surface area contributed by atoms with E-state index < -0.39 is 0 Å². The first-order valence-corrected chi connectivity index (χ1v) is 6.17. The minimum atomic E-state index is 0.243. The Morgan fingerprint density at radius 2 is 2.16 bits per heavy atom. The van der Waals surface area contributed by atoms with E-state index in [1.165, 1.54) is 6.39 Å². The summed E-state index contributed by atoms with van der Waals surface area (Å²) in [5, 5.41) is 3.69. The molecule has 2 aromatic rings. The third-order valence-corrected chi connectivity index (χ3v) is 2.50. The minimum Gasteiger partial charge on any atom is -0.490 e. The van der Waals surface area contributed by atoms with E-state index in [0.717, 1.165) is 12.0 Å². The molecule has 1 heterocycles. The molecule has 1 aromatic carbocycles. The van der Waals surface area contributed by atoms with Crippen molar-refractivity contribution in [1.29, 1.82) is 0 Å². The Bertz CT molecular complexity index is 500. The predicted octanol–water partition coefficient (Wildman–Crippen LogP) is 1.55. The van der Waals surface area contributed by atoms with Crippen LogP contribution in [-0.4, -0.2) is 23.3 Å². The standard InChI is InChI=1S/C13H17N3O3/c1-2-17-12-7-10(5-6-14)3-4-11(12)18-8-13-15-9-19-16-13/h3-4,7,9H,2,5-6,8,14H2,1H3. The first kappa shape index (κ1) is 13.4. The zero-order valence-corrected chi connectivity index (χ0v) is 10.8. The molecule has 102 valence electrons. The van der Waals surface area contributed by atoms with Crippen LogP contribution in [0.1, 0.15) is 18.3 Å². The second-order valence-electron chi connectivity index (χ2n) is 3.89. The van der Waals surface area contributed by atoms with Crippen molar-refractivity contribution in [2.45, 2.75) is 20.0 Å². The highest BCUT2D eigenvalue weighted by Crippen LogP contribution is 2.29. The van der Waals surface area contributed by atoms with Gasteiger partial charge in [-0.1, -0.05) is 11.2 Å². The van der Waals surface area contributed by atoms with Crippen molar-refractivity contribution in [2.75, 3.05) is 13.2 Å². The van der Waals surface area contributed by atoms with Crippen molar-refractivity contribution in [1.82, 2.24) is 10.1 Å². The number of nitrogens with zero attached hydrogens (tertiary/aromatic N) is 2. The van der Waals surface area contributed by atoms with Crippen LogP contribution in [0, 0.1) is 0 Å². The lowest BCUT2D eigenvalue weighted by Gasteiger charge is -2.12. The highest BCUT2D eigenvalue weighted by molar-refractivity contribution is 5.43. The van der Waals surface area contributed by atoms with Crippen molar-refractivity contribution in [3.8, 4) is 11.5 Å². The van der Waals surface area contributed by atoms with Gasteiger partial charge in [-0.05, 0) is 37.6 Å². The van der Waals surface area contributed by atoms with Crippen LogP contribution >= 0.6 is 0 Å². The average molecular weight is 263 g/mol. The number of hydrogen-bond donors (Lipinski definition) is 1. The van der Waals surface area contributed by atoms with Gasteiger partial charge in [0, 0.05) is 0 Å². The Hall–Kier alpha value is -2.08. The number of aromatic nitrogens is 2. The monoisotopic (exact) mass is 263 g/mol. The van der Waals surface area contributed by atoms with Gasteiger partial charge in [0.15, 0.2) is 18.1 Å². The summed E-state index contributed by atoms with van der Waals surface area (Å²) in [6.45, 7) is 3.35. The topological polar surface area (TPSA) is 83.4 Å². The molecule has 0 aliphatic rings. The fourth-order valence-corrected chi connectivity index (χ4v) is 1.66. The van der Waals surface area contributed by atoms with Gasteiger partial charge in [0.05, 0.1) is 6.61 Å². The molecular weight excluding hydrogens is 246 g/mol. The van der Waals surface area contributed by atoms with Gasteiger partial charge in [-0.2, -0.15) is 4.98 Å². The molecule has 0 unspecified atom stereocenters. The highest BCUT2D eigenvalue weighted by atomic mass is 16.5. The van der Waals surface area contributed by atoms with E-state index >= 15 is 0 Å². The van der Waals surface area contributed by atoms with Gasteiger partial charge in [0.2, 0.25) is 12.2 Å². The van der Waals surface area contributed by atoms with Gasteiger partial charge in [-0.3, -0.25) is 0 Å². The van der Waals surface area contributed by atoms with Crippen LogP contribution in [0.3, 0.4) is 0 Å². The van der Waals surface area contributed by atoms with Crippen LogP contribution in [0.2, 0.25) is 0 Å². The first-order valence-electron chi connectivity index (χ1n) is 6.17. The predicted molar refractivity (Wildman–Crippen MR) is 69.0 cm³/mol. The van der Waals surface area contributed by atoms with Crippen LogP contribution < -0.4 is 15.2 Å². The van der Waals surface area contributed by atoms with Gasteiger partial charge in [0.25, 0.3) is 0 Å². The molecule has 0 aliphatic heterocycles. The number of benzene rings is 1. The smallest absolute Gasteiger partial charge is 0.213 e. The SMILES string of the molecule is CCOc1cc(CCN)ccc1OCc1ncon1. The molecule has 19 heavy (non-hydrogen) atoms. The summed E-state index contributed by atoms with van der Waals surface area (Å²) < 4.78 is 15.8. The number of nitrogens with two attached hydrogens (primary N) is 1. The Kier molecular flexibility index (Phi) is 4.74. The maximum Gasteiger partial charge on any atom is 0.213 e. The van der Waals surface area contributed by atoms with Crippen molar-refractivity contribution in [2.24, 2.45) is 5.73 Å². The summed E-state index contributed by atoms with van der Waals surface area (Å²) >= 11 is 0. The Morgan fingerprint density at radius 3 is 2.84 bits per heavy atom. The van der Waals surface area contributed by atoms with E-state index in [4.69, 9.17) is 15.2 Å². The fraction of sp³-hybridized carbons (Fsp3) is 0.385. The molecule has 2 rings (SSSR count). The molecule has 0 aliphatic carbocycles. The average Bonchev–Trinajstić information content (AvgIpc) is 2.92. The molecule has 0 saturated heterocycles. The van der Waals surface area contributed by atoms with Crippen molar-refractivity contribution < 1.29 is 14.0 Å². The van der Waals surface area contributed by atoms with Crippen molar-refractivity contribution in [3.63, 3.8) is 0 Å². The summed E-state index contributed by atoms with van der Waals surface area (Å²) in [6, 6.07) is 5.79. The molecule has 0 amide bonds. The van der Waals surface area contributed by atoms with Crippen LogP contribution in [0.5, 0.6) is 11.5 Å². The van der Waals surface area contributed by atoms with Gasteiger partial charge in [-0.15, -0.1) is 0 Å². The number of rotatable bonds is 7. The summed E-state index contributed by atoms with van der Waals surface area (Å²) in [6.07, 6.45) is 2.08. The Morgan fingerprint density at radius 1 is 1.26 bits per heavy atom. The van der Waals surface area contributed by atoms with E-state index in [0.29, 0.717) is 30.5 Å². The molecule has 0 spiro atoms. The number of ether oxygens (including phenoxy) is 2. The molecule has 1 aromatic heterocycles. The lowest BCUT2D eigenvalue weighted by molar-refractivity contribution is 0.258. The van der Waals surface area contributed by atoms with Crippen molar-refractivity contribution >= 4 is 0 Å². The van der Waals surface area contributed by atoms with Gasteiger partial charge >= 0.3 is 0 Å². The fourth-order valence-electron chi connectivity index (χ4n) is 1.66. The van der Waals surface area contributed by atoms with E-state index in [1.54, 1.807) is 0 Å². The molecule has 0 fully saturated rings. The van der Waals surface area contributed by atoms with Crippen LogP contribution in [0.15, 0.2) is 29.1 Å². The summed E-state index contributed by atoms with van der Waals surface area (Å²) in [5.74, 6) is 1.86. The minimum absolute atomic E-state index is 0.243. The van der Waals surface area contributed by atoms with Crippen LogP contribution in [0.25, 0.3) is 0 Å². The van der Waals surface area contributed by atoms with Crippen LogP contribution in [0.4, 0.5) is 0 Å². The quantitative estimate of drug-likeness (QED) is 0.816. The van der Waals surface area contributed by atoms with Gasteiger partial charge in [0.1, 0.15) is 0 Å². The largest absolute Gasteiger partial charge is 0.490 e. The molecule has 0 saturated carbocycles.